The van der Waals surface area contributed by atoms with Gasteiger partial charge in [-0.05, 0) is 6.42 Å². The molecular weight excluding hydrogens is 158 g/mol. The third-order valence-electron chi connectivity index (χ3n) is 1.56. The molecule has 0 radical (unpaired) electrons. The van der Waals surface area contributed by atoms with Crippen LogP contribution >= 0.6 is 0 Å². The standard InChI is InChI=1S/C7H11N3O2/c1-2-3-7(4-8)11-5-9-10-6-12-7/h2-3,5-6H2,1H3. The molecule has 0 fully saturated rings. The van der Waals surface area contributed by atoms with Gasteiger partial charge in [-0.1, -0.05) is 6.92 Å². The quantitative estimate of drug-likeness (QED) is 0.627. The smallest absolute Gasteiger partial charge is 0.262 e. The van der Waals surface area contributed by atoms with E-state index >= 15 is 0 Å². The van der Waals surface area contributed by atoms with Crippen LogP contribution in [0.2, 0.25) is 0 Å². The summed E-state index contributed by atoms with van der Waals surface area (Å²) >= 11 is 0. The predicted molar refractivity (Wildman–Crippen MR) is 40.0 cm³/mol. The summed E-state index contributed by atoms with van der Waals surface area (Å²) in [5.41, 5.74) is 0. The molecule has 0 aromatic heterocycles. The Morgan fingerprint density at radius 1 is 1.42 bits per heavy atom. The van der Waals surface area contributed by atoms with Gasteiger partial charge in [-0.25, -0.2) is 0 Å². The molecule has 0 amide bonds. The van der Waals surface area contributed by atoms with E-state index in [1.54, 1.807) is 0 Å². The molecule has 0 aromatic rings. The summed E-state index contributed by atoms with van der Waals surface area (Å²) in [6, 6.07) is 1.99. The fourth-order valence-corrected chi connectivity index (χ4v) is 0.984. The van der Waals surface area contributed by atoms with Crippen LogP contribution < -0.4 is 0 Å². The summed E-state index contributed by atoms with van der Waals surface area (Å²) in [5.74, 6) is -1.13. The Hall–Kier alpha value is -0.990. The summed E-state index contributed by atoms with van der Waals surface area (Å²) < 4.78 is 10.3. The highest BCUT2D eigenvalue weighted by atomic mass is 16.7. The van der Waals surface area contributed by atoms with Crippen LogP contribution in [-0.2, 0) is 9.47 Å². The fourth-order valence-electron chi connectivity index (χ4n) is 0.984. The average molecular weight is 169 g/mol. The van der Waals surface area contributed by atoms with Gasteiger partial charge in [0.2, 0.25) is 0 Å². The van der Waals surface area contributed by atoms with Crippen LogP contribution in [0.4, 0.5) is 0 Å². The number of rotatable bonds is 2. The molecule has 0 N–H and O–H groups in total. The molecule has 0 spiro atoms. The Labute approximate surface area is 71.0 Å². The summed E-state index contributed by atoms with van der Waals surface area (Å²) in [5, 5.41) is 16.1. The Kier molecular flexibility index (Phi) is 3.14. The molecule has 0 saturated carbocycles. The second-order valence-electron chi connectivity index (χ2n) is 2.44. The Bertz CT molecular complexity index is 199. The topological polar surface area (TPSA) is 67.0 Å². The molecule has 1 heterocycles. The van der Waals surface area contributed by atoms with Crippen molar-refractivity contribution < 1.29 is 9.47 Å². The van der Waals surface area contributed by atoms with E-state index in [1.165, 1.54) is 0 Å². The number of ether oxygens (including phenoxy) is 2. The minimum Gasteiger partial charge on any atom is -0.313 e. The molecular formula is C7H11N3O2. The van der Waals surface area contributed by atoms with Gasteiger partial charge < -0.3 is 9.47 Å². The highest BCUT2D eigenvalue weighted by Crippen LogP contribution is 2.20. The van der Waals surface area contributed by atoms with Crippen molar-refractivity contribution in [1.82, 2.24) is 0 Å². The monoisotopic (exact) mass is 169 g/mol. The zero-order valence-electron chi connectivity index (χ0n) is 6.99. The maximum absolute atomic E-state index is 8.81. The zero-order chi connectivity index (χ0) is 8.86. The van der Waals surface area contributed by atoms with Crippen molar-refractivity contribution in [3.8, 4) is 6.07 Å². The van der Waals surface area contributed by atoms with Crippen LogP contribution in [-0.4, -0.2) is 19.2 Å². The fraction of sp³-hybridized carbons (Fsp3) is 0.857. The lowest BCUT2D eigenvalue weighted by atomic mass is 10.2. The van der Waals surface area contributed by atoms with Crippen molar-refractivity contribution in [2.75, 3.05) is 13.5 Å². The molecule has 5 heteroatoms. The van der Waals surface area contributed by atoms with Gasteiger partial charge in [0.05, 0.1) is 0 Å². The largest absolute Gasteiger partial charge is 0.313 e. The lowest BCUT2D eigenvalue weighted by Crippen LogP contribution is -2.33. The van der Waals surface area contributed by atoms with Crippen molar-refractivity contribution in [3.63, 3.8) is 0 Å². The van der Waals surface area contributed by atoms with E-state index in [0.29, 0.717) is 6.42 Å². The van der Waals surface area contributed by atoms with Crippen LogP contribution in [0.15, 0.2) is 10.2 Å². The van der Waals surface area contributed by atoms with Gasteiger partial charge in [-0.15, -0.1) is 0 Å². The van der Waals surface area contributed by atoms with Crippen molar-refractivity contribution >= 4 is 0 Å². The number of hydrogen-bond donors (Lipinski definition) is 0. The molecule has 0 saturated heterocycles. The zero-order valence-corrected chi connectivity index (χ0v) is 6.99. The summed E-state index contributed by atoms with van der Waals surface area (Å²) in [6.07, 6.45) is 1.38. The maximum Gasteiger partial charge on any atom is 0.262 e. The molecule has 0 aromatic carbocycles. The minimum atomic E-state index is -1.13. The Morgan fingerprint density at radius 2 is 2.00 bits per heavy atom. The normalized spacial score (nSPS) is 21.3. The van der Waals surface area contributed by atoms with Gasteiger partial charge >= 0.3 is 0 Å². The highest BCUT2D eigenvalue weighted by molar-refractivity contribution is 4.94. The van der Waals surface area contributed by atoms with Crippen LogP contribution in [0.25, 0.3) is 0 Å². The van der Waals surface area contributed by atoms with Gasteiger partial charge in [0.15, 0.2) is 13.5 Å². The van der Waals surface area contributed by atoms with Crippen LogP contribution in [0.5, 0.6) is 0 Å². The second kappa shape index (κ2) is 4.14. The molecule has 0 unspecified atom stereocenters. The molecule has 1 rings (SSSR count). The molecule has 1 aliphatic rings. The van der Waals surface area contributed by atoms with E-state index in [0.717, 1.165) is 6.42 Å². The van der Waals surface area contributed by atoms with Crippen molar-refractivity contribution in [2.24, 2.45) is 10.2 Å². The van der Waals surface area contributed by atoms with Crippen molar-refractivity contribution in [1.29, 1.82) is 5.26 Å². The molecule has 0 aliphatic carbocycles. The van der Waals surface area contributed by atoms with Gasteiger partial charge in [0.25, 0.3) is 5.79 Å². The van der Waals surface area contributed by atoms with E-state index < -0.39 is 5.79 Å². The van der Waals surface area contributed by atoms with E-state index in [2.05, 4.69) is 10.2 Å². The number of nitrogens with zero attached hydrogens (tertiary/aromatic N) is 3. The van der Waals surface area contributed by atoms with Crippen molar-refractivity contribution in [3.05, 3.63) is 0 Å². The third-order valence-corrected chi connectivity index (χ3v) is 1.56. The first-order valence-corrected chi connectivity index (χ1v) is 3.85. The van der Waals surface area contributed by atoms with Crippen LogP contribution in [0.1, 0.15) is 19.8 Å². The minimum absolute atomic E-state index is 0.105. The number of nitriles is 1. The maximum atomic E-state index is 8.81. The molecule has 0 atom stereocenters. The molecule has 0 bridgehead atoms. The lowest BCUT2D eigenvalue weighted by Gasteiger charge is -2.22. The average Bonchev–Trinajstić information content (AvgIpc) is 2.32. The van der Waals surface area contributed by atoms with E-state index in [9.17, 15) is 0 Å². The first kappa shape index (κ1) is 9.10. The number of azo groups is 1. The molecule has 66 valence electrons. The first-order valence-electron chi connectivity index (χ1n) is 3.85. The Morgan fingerprint density at radius 3 is 2.42 bits per heavy atom. The first-order chi connectivity index (χ1) is 5.83. The molecule has 1 aliphatic heterocycles. The predicted octanol–water partition coefficient (Wildman–Crippen LogP) is 1.42. The second-order valence-corrected chi connectivity index (χ2v) is 2.44. The van der Waals surface area contributed by atoms with Crippen LogP contribution in [0, 0.1) is 11.3 Å². The highest BCUT2D eigenvalue weighted by Gasteiger charge is 2.32. The van der Waals surface area contributed by atoms with Gasteiger partial charge in [-0.2, -0.15) is 15.5 Å². The Balaban J connectivity index is 2.60. The van der Waals surface area contributed by atoms with Crippen molar-refractivity contribution in [2.45, 2.75) is 25.6 Å². The molecule has 5 nitrogen and oxygen atoms in total. The summed E-state index contributed by atoms with van der Waals surface area (Å²) in [7, 11) is 0. The SMILES string of the molecule is CCCC1(C#N)OCN=NCO1. The van der Waals surface area contributed by atoms with Gasteiger partial charge in [0, 0.05) is 6.42 Å². The van der Waals surface area contributed by atoms with E-state index in [-0.39, 0.29) is 13.5 Å². The summed E-state index contributed by atoms with van der Waals surface area (Å²) in [6.45, 7) is 2.17. The van der Waals surface area contributed by atoms with Gasteiger partial charge in [0.1, 0.15) is 6.07 Å². The van der Waals surface area contributed by atoms with Crippen LogP contribution in [0.3, 0.4) is 0 Å². The van der Waals surface area contributed by atoms with Gasteiger partial charge in [-0.3, -0.25) is 0 Å². The summed E-state index contributed by atoms with van der Waals surface area (Å²) in [4.78, 5) is 0. The molecule has 12 heavy (non-hydrogen) atoms. The number of hydrogen-bond acceptors (Lipinski definition) is 5. The van der Waals surface area contributed by atoms with E-state index in [1.807, 2.05) is 13.0 Å². The van der Waals surface area contributed by atoms with E-state index in [4.69, 9.17) is 14.7 Å². The third kappa shape index (κ3) is 2.00. The lowest BCUT2D eigenvalue weighted by molar-refractivity contribution is -0.191.